The van der Waals surface area contributed by atoms with Crippen LogP contribution in [0.4, 0.5) is 11.4 Å². The number of piperazine rings is 1. The number of carbonyl (C=O) groups excluding carboxylic acids is 1. The van der Waals surface area contributed by atoms with Crippen molar-refractivity contribution in [3.8, 4) is 6.07 Å². The van der Waals surface area contributed by atoms with Crippen LogP contribution < -0.4 is 9.80 Å². The number of nitriles is 1. The summed E-state index contributed by atoms with van der Waals surface area (Å²) in [6.07, 6.45) is 4.16. The first kappa shape index (κ1) is 16.5. The van der Waals surface area contributed by atoms with Gasteiger partial charge in [-0.25, -0.2) is 0 Å². The van der Waals surface area contributed by atoms with E-state index >= 15 is 0 Å². The zero-order valence-electron chi connectivity index (χ0n) is 14.8. The van der Waals surface area contributed by atoms with Crippen molar-refractivity contribution >= 4 is 17.3 Å². The molecule has 2 aromatic rings. The van der Waals surface area contributed by atoms with E-state index in [0.29, 0.717) is 18.8 Å². The molecule has 0 saturated carbocycles. The Morgan fingerprint density at radius 2 is 1.77 bits per heavy atom. The van der Waals surface area contributed by atoms with Gasteiger partial charge < -0.3 is 19.7 Å². The van der Waals surface area contributed by atoms with Crippen molar-refractivity contribution in [2.24, 2.45) is 0 Å². The summed E-state index contributed by atoms with van der Waals surface area (Å²) in [5.74, 6) is 0.0623. The van der Waals surface area contributed by atoms with Gasteiger partial charge in [0.2, 0.25) is 0 Å². The van der Waals surface area contributed by atoms with Crippen LogP contribution in [0.5, 0.6) is 0 Å². The first-order valence-electron chi connectivity index (χ1n) is 9.23. The summed E-state index contributed by atoms with van der Waals surface area (Å²) in [4.78, 5) is 22.0. The predicted octanol–water partition coefficient (Wildman–Crippen LogP) is 2.45. The van der Waals surface area contributed by atoms with Crippen LogP contribution in [0.3, 0.4) is 0 Å². The van der Waals surface area contributed by atoms with E-state index in [-0.39, 0.29) is 5.91 Å². The summed E-state index contributed by atoms with van der Waals surface area (Å²) in [7, 11) is 0. The van der Waals surface area contributed by atoms with Crippen molar-refractivity contribution in [1.29, 1.82) is 5.26 Å². The van der Waals surface area contributed by atoms with Crippen LogP contribution in [-0.4, -0.2) is 55.1 Å². The molecule has 6 nitrogen and oxygen atoms in total. The van der Waals surface area contributed by atoms with Crippen molar-refractivity contribution in [1.82, 2.24) is 9.88 Å². The Bertz CT molecular complexity index is 809. The van der Waals surface area contributed by atoms with Gasteiger partial charge in [-0.05, 0) is 43.2 Å². The minimum Gasteiger partial charge on any atom is -0.370 e. The average Bonchev–Trinajstić information content (AvgIpc) is 3.41. The molecule has 0 spiro atoms. The number of carbonyl (C=O) groups is 1. The van der Waals surface area contributed by atoms with Gasteiger partial charge in [-0.1, -0.05) is 0 Å². The Morgan fingerprint density at radius 3 is 2.42 bits per heavy atom. The molecule has 0 atom stereocenters. The van der Waals surface area contributed by atoms with E-state index in [1.165, 1.54) is 12.8 Å². The van der Waals surface area contributed by atoms with Crippen LogP contribution in [-0.2, 0) is 0 Å². The number of aromatic nitrogens is 1. The molecule has 1 amide bonds. The molecule has 2 aliphatic heterocycles. The number of anilines is 2. The van der Waals surface area contributed by atoms with Crippen molar-refractivity contribution < 1.29 is 4.79 Å². The maximum Gasteiger partial charge on any atom is 0.270 e. The molecule has 4 rings (SSSR count). The third-order valence-electron chi connectivity index (χ3n) is 5.31. The van der Waals surface area contributed by atoms with Crippen molar-refractivity contribution in [3.05, 3.63) is 47.8 Å². The fourth-order valence-corrected chi connectivity index (χ4v) is 3.83. The fourth-order valence-electron chi connectivity index (χ4n) is 3.83. The second-order valence-electron chi connectivity index (χ2n) is 6.87. The van der Waals surface area contributed by atoms with E-state index in [2.05, 4.69) is 26.9 Å². The standard InChI is InChI=1S/C20H23N5O/c21-15-16-5-6-17(14-19(16)24-8-1-2-9-24)23-10-12-25(13-11-23)20(26)18-4-3-7-22-18/h3-7,14,22H,1-2,8-13H2. The lowest BCUT2D eigenvalue weighted by atomic mass is 10.1. The number of aromatic amines is 1. The summed E-state index contributed by atoms with van der Waals surface area (Å²) in [5.41, 5.74) is 3.58. The first-order valence-corrected chi connectivity index (χ1v) is 9.23. The number of H-pyrrole nitrogens is 1. The molecule has 26 heavy (non-hydrogen) atoms. The number of benzene rings is 1. The molecule has 0 unspecified atom stereocenters. The number of nitrogens with one attached hydrogen (secondary N) is 1. The minimum absolute atomic E-state index is 0.0623. The highest BCUT2D eigenvalue weighted by Gasteiger charge is 2.24. The second-order valence-corrected chi connectivity index (χ2v) is 6.87. The SMILES string of the molecule is N#Cc1ccc(N2CCN(C(=O)c3ccc[nH]3)CC2)cc1N1CCCC1. The summed E-state index contributed by atoms with van der Waals surface area (Å²) >= 11 is 0. The van der Waals surface area contributed by atoms with Crippen molar-refractivity contribution in [2.75, 3.05) is 49.1 Å². The Labute approximate surface area is 153 Å². The number of hydrogen-bond acceptors (Lipinski definition) is 4. The summed E-state index contributed by atoms with van der Waals surface area (Å²) in [6, 6.07) is 12.1. The van der Waals surface area contributed by atoms with E-state index in [4.69, 9.17) is 0 Å². The lowest BCUT2D eigenvalue weighted by Crippen LogP contribution is -2.48. The Morgan fingerprint density at radius 1 is 1.00 bits per heavy atom. The van der Waals surface area contributed by atoms with Crippen LogP contribution in [0.2, 0.25) is 0 Å². The van der Waals surface area contributed by atoms with Crippen molar-refractivity contribution in [3.63, 3.8) is 0 Å². The van der Waals surface area contributed by atoms with Gasteiger partial charge in [0.15, 0.2) is 0 Å². The smallest absolute Gasteiger partial charge is 0.270 e. The lowest BCUT2D eigenvalue weighted by Gasteiger charge is -2.36. The lowest BCUT2D eigenvalue weighted by molar-refractivity contribution is 0.0741. The number of hydrogen-bond donors (Lipinski definition) is 1. The van der Waals surface area contributed by atoms with E-state index in [0.717, 1.165) is 43.1 Å². The largest absolute Gasteiger partial charge is 0.370 e. The van der Waals surface area contributed by atoms with E-state index in [9.17, 15) is 10.1 Å². The monoisotopic (exact) mass is 349 g/mol. The van der Waals surface area contributed by atoms with Crippen LogP contribution >= 0.6 is 0 Å². The van der Waals surface area contributed by atoms with Gasteiger partial charge >= 0.3 is 0 Å². The molecule has 0 bridgehead atoms. The first-order chi connectivity index (χ1) is 12.8. The van der Waals surface area contributed by atoms with Crippen molar-refractivity contribution in [2.45, 2.75) is 12.8 Å². The third-order valence-corrected chi connectivity index (χ3v) is 5.31. The second kappa shape index (κ2) is 7.12. The number of rotatable bonds is 3. The average molecular weight is 349 g/mol. The Balaban J connectivity index is 1.47. The van der Waals surface area contributed by atoms with Gasteiger partial charge in [-0.2, -0.15) is 5.26 Å². The zero-order valence-corrected chi connectivity index (χ0v) is 14.8. The van der Waals surface area contributed by atoms with Gasteiger partial charge in [-0.3, -0.25) is 4.79 Å². The summed E-state index contributed by atoms with van der Waals surface area (Å²) in [6.45, 7) is 5.07. The highest BCUT2D eigenvalue weighted by Crippen LogP contribution is 2.29. The van der Waals surface area contributed by atoms with Gasteiger partial charge in [0, 0.05) is 51.2 Å². The summed E-state index contributed by atoms with van der Waals surface area (Å²) in [5, 5.41) is 9.43. The van der Waals surface area contributed by atoms with Crippen LogP contribution in [0.1, 0.15) is 28.9 Å². The zero-order chi connectivity index (χ0) is 17.9. The topological polar surface area (TPSA) is 66.4 Å². The van der Waals surface area contributed by atoms with E-state index in [1.54, 1.807) is 6.20 Å². The number of amides is 1. The molecule has 1 aromatic carbocycles. The molecule has 3 heterocycles. The third kappa shape index (κ3) is 3.13. The molecule has 1 N–H and O–H groups in total. The molecule has 0 aliphatic carbocycles. The quantitative estimate of drug-likeness (QED) is 0.924. The molecular formula is C20H23N5O. The molecule has 1 aromatic heterocycles. The van der Waals surface area contributed by atoms with Gasteiger partial charge in [0.25, 0.3) is 5.91 Å². The predicted molar refractivity (Wildman–Crippen MR) is 102 cm³/mol. The van der Waals surface area contributed by atoms with Crippen LogP contribution in [0.25, 0.3) is 0 Å². The molecule has 2 saturated heterocycles. The van der Waals surface area contributed by atoms with Gasteiger partial charge in [-0.15, -0.1) is 0 Å². The molecule has 134 valence electrons. The van der Waals surface area contributed by atoms with Gasteiger partial charge in [0.05, 0.1) is 11.3 Å². The maximum absolute atomic E-state index is 12.4. The minimum atomic E-state index is 0.0623. The highest BCUT2D eigenvalue weighted by atomic mass is 16.2. The fraction of sp³-hybridized carbons (Fsp3) is 0.400. The van der Waals surface area contributed by atoms with Gasteiger partial charge in [0.1, 0.15) is 11.8 Å². The maximum atomic E-state index is 12.4. The van der Waals surface area contributed by atoms with E-state index < -0.39 is 0 Å². The molecule has 2 aliphatic rings. The Hall–Kier alpha value is -2.94. The molecule has 0 radical (unpaired) electrons. The highest BCUT2D eigenvalue weighted by molar-refractivity contribution is 5.92. The van der Waals surface area contributed by atoms with Crippen LogP contribution in [0.15, 0.2) is 36.5 Å². The van der Waals surface area contributed by atoms with E-state index in [1.807, 2.05) is 29.2 Å². The van der Waals surface area contributed by atoms with Crippen LogP contribution in [0, 0.1) is 11.3 Å². The molecule has 6 heteroatoms. The molecule has 2 fully saturated rings. The Kier molecular flexibility index (Phi) is 4.53. The molecular weight excluding hydrogens is 326 g/mol. The number of nitrogens with zero attached hydrogens (tertiary/aromatic N) is 4. The summed E-state index contributed by atoms with van der Waals surface area (Å²) < 4.78 is 0. The normalized spacial score (nSPS) is 17.4.